The maximum absolute atomic E-state index is 12.9. The summed E-state index contributed by atoms with van der Waals surface area (Å²) in [6.07, 6.45) is 3.68. The van der Waals surface area contributed by atoms with Crippen LogP contribution in [-0.2, 0) is 0 Å². The van der Waals surface area contributed by atoms with Crippen LogP contribution in [0, 0.1) is 0 Å². The number of nitrogens with one attached hydrogen (secondary N) is 2. The lowest BCUT2D eigenvalue weighted by Crippen LogP contribution is -2.29. The number of urea groups is 1. The van der Waals surface area contributed by atoms with E-state index in [2.05, 4.69) is 15.3 Å². The minimum atomic E-state index is -0.308. The minimum Gasteiger partial charge on any atom is -0.496 e. The molecule has 3 amide bonds. The average molecular weight is 458 g/mol. The maximum atomic E-state index is 12.9. The molecule has 0 aliphatic carbocycles. The molecule has 0 radical (unpaired) electrons. The predicted octanol–water partition coefficient (Wildman–Crippen LogP) is 4.70. The number of H-pyrrole nitrogens is 1. The number of aromatic amines is 1. The fourth-order valence-corrected chi connectivity index (χ4v) is 3.73. The van der Waals surface area contributed by atoms with Gasteiger partial charge < -0.3 is 24.8 Å². The molecule has 4 aromatic rings. The van der Waals surface area contributed by atoms with Gasteiger partial charge in [0.1, 0.15) is 11.4 Å². The fraction of sp³-hybridized carbons (Fsp3) is 0.192. The van der Waals surface area contributed by atoms with Gasteiger partial charge in [0.15, 0.2) is 0 Å². The molecule has 0 fully saturated rings. The second-order valence-corrected chi connectivity index (χ2v) is 8.31. The minimum absolute atomic E-state index is 0.207. The summed E-state index contributed by atoms with van der Waals surface area (Å²) in [4.78, 5) is 35.8. The van der Waals surface area contributed by atoms with E-state index in [9.17, 15) is 9.59 Å². The molecule has 4 rings (SSSR count). The zero-order chi connectivity index (χ0) is 24.4. The largest absolute Gasteiger partial charge is 0.496 e. The van der Waals surface area contributed by atoms with E-state index < -0.39 is 0 Å². The molecule has 174 valence electrons. The number of carbonyl (C=O) groups is 2. The van der Waals surface area contributed by atoms with Crippen LogP contribution in [0.4, 0.5) is 10.5 Å². The number of hydrogen-bond donors (Lipinski definition) is 2. The van der Waals surface area contributed by atoms with Gasteiger partial charge in [-0.25, -0.2) is 9.78 Å². The maximum Gasteiger partial charge on any atom is 0.321 e. The smallest absolute Gasteiger partial charge is 0.321 e. The van der Waals surface area contributed by atoms with Gasteiger partial charge in [-0.3, -0.25) is 4.79 Å². The van der Waals surface area contributed by atoms with E-state index in [4.69, 9.17) is 4.74 Å². The summed E-state index contributed by atoms with van der Waals surface area (Å²) in [5.41, 5.74) is 5.20. The summed E-state index contributed by atoms with van der Waals surface area (Å²) in [5, 5.41) is 3.74. The summed E-state index contributed by atoms with van der Waals surface area (Å²) < 4.78 is 5.54. The lowest BCUT2D eigenvalue weighted by molar-refractivity contribution is 0.0828. The van der Waals surface area contributed by atoms with Gasteiger partial charge in [0.05, 0.1) is 18.4 Å². The van der Waals surface area contributed by atoms with Gasteiger partial charge in [0.25, 0.3) is 5.91 Å². The first-order valence-corrected chi connectivity index (χ1v) is 10.7. The van der Waals surface area contributed by atoms with E-state index >= 15 is 0 Å². The molecule has 2 heterocycles. The predicted molar refractivity (Wildman–Crippen MR) is 134 cm³/mol. The van der Waals surface area contributed by atoms with Gasteiger partial charge in [0, 0.05) is 62.7 Å². The Morgan fingerprint density at radius 1 is 0.941 bits per heavy atom. The number of carbonyl (C=O) groups excluding carboxylic acids is 2. The van der Waals surface area contributed by atoms with Crippen molar-refractivity contribution in [1.82, 2.24) is 19.8 Å². The number of rotatable bonds is 5. The van der Waals surface area contributed by atoms with E-state index in [0.29, 0.717) is 11.3 Å². The molecule has 0 aliphatic rings. The third-order valence-corrected chi connectivity index (χ3v) is 5.57. The summed E-state index contributed by atoms with van der Waals surface area (Å²) >= 11 is 0. The molecule has 0 spiro atoms. The molecular weight excluding hydrogens is 430 g/mol. The topological polar surface area (TPSA) is 90.6 Å². The van der Waals surface area contributed by atoms with Gasteiger partial charge >= 0.3 is 6.03 Å². The zero-order valence-electron chi connectivity index (χ0n) is 19.8. The van der Waals surface area contributed by atoms with E-state index in [0.717, 1.165) is 39.0 Å². The molecule has 0 atom stereocenters. The number of nitrogens with zero attached hydrogens (tertiary/aromatic N) is 3. The van der Waals surface area contributed by atoms with E-state index in [-0.39, 0.29) is 11.9 Å². The molecule has 8 heteroatoms. The van der Waals surface area contributed by atoms with Crippen molar-refractivity contribution in [3.05, 3.63) is 66.5 Å². The van der Waals surface area contributed by atoms with Crippen LogP contribution in [0.15, 0.2) is 60.9 Å². The van der Waals surface area contributed by atoms with E-state index in [1.54, 1.807) is 53.6 Å². The first-order chi connectivity index (χ1) is 16.3. The highest BCUT2D eigenvalue weighted by Gasteiger charge is 2.18. The van der Waals surface area contributed by atoms with Crippen LogP contribution < -0.4 is 10.1 Å². The molecule has 2 aromatic heterocycles. The summed E-state index contributed by atoms with van der Waals surface area (Å²) in [5.74, 6) is 0.565. The van der Waals surface area contributed by atoms with Crippen molar-refractivity contribution in [2.75, 3.05) is 40.6 Å². The van der Waals surface area contributed by atoms with Crippen molar-refractivity contribution < 1.29 is 14.3 Å². The highest BCUT2D eigenvalue weighted by Crippen LogP contribution is 2.36. The van der Waals surface area contributed by atoms with Crippen LogP contribution in [-0.4, -0.2) is 67.0 Å². The van der Waals surface area contributed by atoms with Crippen molar-refractivity contribution in [2.24, 2.45) is 0 Å². The Hall–Kier alpha value is -4.33. The van der Waals surface area contributed by atoms with Crippen LogP contribution in [0.5, 0.6) is 5.75 Å². The number of para-hydroxylation sites is 1. The van der Waals surface area contributed by atoms with E-state index in [1.165, 1.54) is 9.80 Å². The van der Waals surface area contributed by atoms with Crippen LogP contribution in [0.1, 0.15) is 10.4 Å². The Morgan fingerprint density at radius 2 is 1.71 bits per heavy atom. The standard InChI is InChI=1S/C26H27N5O3/c1-30(2)25(32)20-12-16(10-11-22(20)29-26(33)31(3)4)17-13-19-21(15-28-24(19)27-14-17)18-8-6-7-9-23(18)34-5/h6-15H,1-5H3,(H,27,28)(H,29,33). The molecule has 0 unspecified atom stereocenters. The summed E-state index contributed by atoms with van der Waals surface area (Å²) in [6, 6.07) is 15.0. The number of aromatic nitrogens is 2. The van der Waals surface area contributed by atoms with Crippen molar-refractivity contribution in [2.45, 2.75) is 0 Å². The summed E-state index contributed by atoms with van der Waals surface area (Å²) in [6.45, 7) is 0. The normalized spacial score (nSPS) is 10.7. The third-order valence-electron chi connectivity index (χ3n) is 5.57. The van der Waals surface area contributed by atoms with Crippen LogP contribution in [0.3, 0.4) is 0 Å². The molecule has 2 N–H and O–H groups in total. The van der Waals surface area contributed by atoms with Crippen molar-refractivity contribution >= 4 is 28.7 Å². The number of benzene rings is 2. The number of anilines is 1. The Balaban J connectivity index is 1.81. The average Bonchev–Trinajstić information content (AvgIpc) is 3.26. The van der Waals surface area contributed by atoms with Crippen molar-refractivity contribution in [1.29, 1.82) is 0 Å². The van der Waals surface area contributed by atoms with Gasteiger partial charge in [0.2, 0.25) is 0 Å². The number of fused-ring (bicyclic) bond motifs is 1. The molecule has 0 saturated heterocycles. The number of amides is 3. The number of ether oxygens (including phenoxy) is 1. The summed E-state index contributed by atoms with van der Waals surface area (Å²) in [7, 11) is 8.30. The second-order valence-electron chi connectivity index (χ2n) is 8.31. The van der Waals surface area contributed by atoms with Crippen molar-refractivity contribution in [3.63, 3.8) is 0 Å². The first kappa shape index (κ1) is 22.8. The van der Waals surface area contributed by atoms with Gasteiger partial charge in [-0.2, -0.15) is 0 Å². The van der Waals surface area contributed by atoms with Gasteiger partial charge in [-0.1, -0.05) is 24.3 Å². The lowest BCUT2D eigenvalue weighted by atomic mass is 9.99. The molecule has 34 heavy (non-hydrogen) atoms. The van der Waals surface area contributed by atoms with Crippen LogP contribution in [0.2, 0.25) is 0 Å². The first-order valence-electron chi connectivity index (χ1n) is 10.7. The lowest BCUT2D eigenvalue weighted by Gasteiger charge is -2.18. The van der Waals surface area contributed by atoms with Crippen molar-refractivity contribution in [3.8, 4) is 28.0 Å². The Morgan fingerprint density at radius 3 is 2.41 bits per heavy atom. The molecule has 0 saturated carbocycles. The zero-order valence-corrected chi connectivity index (χ0v) is 19.8. The highest BCUT2D eigenvalue weighted by atomic mass is 16.5. The second kappa shape index (κ2) is 9.27. The van der Waals surface area contributed by atoms with Crippen LogP contribution >= 0.6 is 0 Å². The third kappa shape index (κ3) is 4.30. The van der Waals surface area contributed by atoms with E-state index in [1.807, 2.05) is 42.6 Å². The molecule has 0 aliphatic heterocycles. The van der Waals surface area contributed by atoms with Gasteiger partial charge in [-0.15, -0.1) is 0 Å². The Labute approximate surface area is 198 Å². The molecule has 2 aromatic carbocycles. The Bertz CT molecular complexity index is 1370. The number of pyridine rings is 1. The quantitative estimate of drug-likeness (QED) is 0.454. The monoisotopic (exact) mass is 457 g/mol. The fourth-order valence-electron chi connectivity index (χ4n) is 3.73. The molecule has 0 bridgehead atoms. The Kier molecular flexibility index (Phi) is 6.23. The van der Waals surface area contributed by atoms with Gasteiger partial charge in [-0.05, 0) is 29.8 Å². The highest BCUT2D eigenvalue weighted by molar-refractivity contribution is 6.04. The molecular formula is C26H27N5O3. The molecule has 8 nitrogen and oxygen atoms in total. The number of methoxy groups -OCH3 is 1. The van der Waals surface area contributed by atoms with Crippen LogP contribution in [0.25, 0.3) is 33.3 Å². The SMILES string of the molecule is COc1ccccc1-c1c[nH]c2ncc(-c3ccc(NC(=O)N(C)C)c(C(=O)N(C)C)c3)cc12. The number of hydrogen-bond acceptors (Lipinski definition) is 4.